The zero-order chi connectivity index (χ0) is 14.4. The summed E-state index contributed by atoms with van der Waals surface area (Å²) in [5, 5.41) is 19.8. The topological polar surface area (TPSA) is 89.9 Å². The maximum absolute atomic E-state index is 11.7. The van der Waals surface area contributed by atoms with E-state index in [9.17, 15) is 9.59 Å². The third-order valence-electron chi connectivity index (χ3n) is 2.43. The molecule has 0 aromatic heterocycles. The van der Waals surface area contributed by atoms with Gasteiger partial charge in [0, 0.05) is 18.1 Å². The highest BCUT2D eigenvalue weighted by Gasteiger charge is 2.20. The molecule has 2 amide bonds. The van der Waals surface area contributed by atoms with Gasteiger partial charge in [-0.25, -0.2) is 9.59 Å². The van der Waals surface area contributed by atoms with E-state index in [2.05, 4.69) is 21.2 Å². The number of carbonyl (C=O) groups is 2. The van der Waals surface area contributed by atoms with Crippen molar-refractivity contribution < 1.29 is 19.8 Å². The van der Waals surface area contributed by atoms with Crippen molar-refractivity contribution >= 4 is 27.9 Å². The Hall–Kier alpha value is -1.60. The number of benzene rings is 1. The number of hydrogen-bond donors (Lipinski definition) is 3. The van der Waals surface area contributed by atoms with Crippen LogP contribution in [0.5, 0.6) is 0 Å². The second kappa shape index (κ2) is 7.10. The molecule has 0 aliphatic heterocycles. The molecule has 1 rings (SSSR count). The van der Waals surface area contributed by atoms with Gasteiger partial charge in [-0.2, -0.15) is 0 Å². The highest BCUT2D eigenvalue weighted by Crippen LogP contribution is 2.12. The summed E-state index contributed by atoms with van der Waals surface area (Å²) in [5.41, 5.74) is 0.905. The van der Waals surface area contributed by atoms with Gasteiger partial charge in [-0.3, -0.25) is 0 Å². The molecule has 0 heterocycles. The van der Waals surface area contributed by atoms with Crippen molar-refractivity contribution in [1.29, 1.82) is 0 Å². The fourth-order valence-corrected chi connectivity index (χ4v) is 1.87. The summed E-state index contributed by atoms with van der Waals surface area (Å²) in [6.45, 7) is -0.311. The molecule has 1 atom stereocenters. The minimum Gasteiger partial charge on any atom is -0.480 e. The van der Waals surface area contributed by atoms with Crippen molar-refractivity contribution in [1.82, 2.24) is 10.2 Å². The average molecular weight is 331 g/mol. The first-order valence-corrected chi connectivity index (χ1v) is 6.33. The number of aliphatic hydroxyl groups excluding tert-OH is 1. The number of carboxylic acids is 1. The Bertz CT molecular complexity index is 467. The first-order valence-electron chi connectivity index (χ1n) is 5.53. The van der Waals surface area contributed by atoms with Gasteiger partial charge in [0.2, 0.25) is 0 Å². The molecule has 0 unspecified atom stereocenters. The molecule has 6 nitrogen and oxygen atoms in total. The summed E-state index contributed by atoms with van der Waals surface area (Å²) >= 11 is 3.33. The van der Waals surface area contributed by atoms with Gasteiger partial charge >= 0.3 is 12.0 Å². The SMILES string of the molecule is CN(Cc1cccc(Br)c1)C(=O)N[C@H](CO)C(=O)O. The molecule has 0 aliphatic rings. The summed E-state index contributed by atoms with van der Waals surface area (Å²) in [5.74, 6) is -1.27. The average Bonchev–Trinajstić information content (AvgIpc) is 2.35. The molecule has 0 fully saturated rings. The zero-order valence-electron chi connectivity index (χ0n) is 10.3. The number of aliphatic carboxylic acids is 1. The van der Waals surface area contributed by atoms with E-state index in [-0.39, 0.29) is 0 Å². The predicted octanol–water partition coefficient (Wildman–Crippen LogP) is 1.04. The van der Waals surface area contributed by atoms with Crippen LogP contribution >= 0.6 is 15.9 Å². The largest absolute Gasteiger partial charge is 0.480 e. The summed E-state index contributed by atoms with van der Waals surface area (Å²) in [4.78, 5) is 23.8. The van der Waals surface area contributed by atoms with Crippen LogP contribution in [0.25, 0.3) is 0 Å². The first-order chi connectivity index (χ1) is 8.93. The number of carboxylic acid groups (broad SMARTS) is 1. The molecule has 0 radical (unpaired) electrons. The number of nitrogens with one attached hydrogen (secondary N) is 1. The number of carbonyl (C=O) groups excluding carboxylic acids is 1. The van der Waals surface area contributed by atoms with Crippen LogP contribution in [-0.2, 0) is 11.3 Å². The number of nitrogens with zero attached hydrogens (tertiary/aromatic N) is 1. The summed E-state index contributed by atoms with van der Waals surface area (Å²) < 4.78 is 0.901. The maximum Gasteiger partial charge on any atom is 0.328 e. The highest BCUT2D eigenvalue weighted by atomic mass is 79.9. The van der Waals surface area contributed by atoms with Crippen LogP contribution in [0.15, 0.2) is 28.7 Å². The van der Waals surface area contributed by atoms with Gasteiger partial charge in [0.15, 0.2) is 6.04 Å². The smallest absolute Gasteiger partial charge is 0.328 e. The van der Waals surface area contributed by atoms with Gasteiger partial charge < -0.3 is 20.4 Å². The number of amides is 2. The second-order valence-electron chi connectivity index (χ2n) is 4.01. The summed E-state index contributed by atoms with van der Waals surface area (Å²) in [7, 11) is 1.55. The molecule has 1 aromatic rings. The van der Waals surface area contributed by atoms with Gasteiger partial charge in [0.1, 0.15) is 0 Å². The lowest BCUT2D eigenvalue weighted by molar-refractivity contribution is -0.140. The fourth-order valence-electron chi connectivity index (χ4n) is 1.43. The summed E-state index contributed by atoms with van der Waals surface area (Å²) in [6.07, 6.45) is 0. The molecule has 0 saturated carbocycles. The van der Waals surface area contributed by atoms with Crippen molar-refractivity contribution in [2.75, 3.05) is 13.7 Å². The van der Waals surface area contributed by atoms with Crippen molar-refractivity contribution in [3.05, 3.63) is 34.3 Å². The van der Waals surface area contributed by atoms with Crippen molar-refractivity contribution in [3.63, 3.8) is 0 Å². The van der Waals surface area contributed by atoms with Crippen LogP contribution in [0, 0.1) is 0 Å². The second-order valence-corrected chi connectivity index (χ2v) is 4.92. The standard InChI is InChI=1S/C12H15BrN2O4/c1-15(6-8-3-2-4-9(13)5-8)12(19)14-10(7-16)11(17)18/h2-5,10,16H,6-7H2,1H3,(H,14,19)(H,17,18)/t10-/m1/s1. The minimum absolute atomic E-state index is 0.336. The Kier molecular flexibility index (Phi) is 5.78. The molecule has 3 N–H and O–H groups in total. The van der Waals surface area contributed by atoms with E-state index in [1.165, 1.54) is 4.90 Å². The lowest BCUT2D eigenvalue weighted by atomic mass is 10.2. The Morgan fingerprint density at radius 1 is 1.47 bits per heavy atom. The van der Waals surface area contributed by atoms with E-state index in [0.717, 1.165) is 10.0 Å². The quantitative estimate of drug-likeness (QED) is 0.752. The molecule has 0 spiro atoms. The molecule has 0 aliphatic carbocycles. The minimum atomic E-state index is -1.29. The lowest BCUT2D eigenvalue weighted by Gasteiger charge is -2.20. The Balaban J connectivity index is 2.60. The van der Waals surface area contributed by atoms with Crippen LogP contribution in [-0.4, -0.2) is 46.8 Å². The number of hydrogen-bond acceptors (Lipinski definition) is 3. The van der Waals surface area contributed by atoms with Crippen LogP contribution in [0.4, 0.5) is 4.79 Å². The number of rotatable bonds is 5. The Labute approximate surface area is 119 Å². The van der Waals surface area contributed by atoms with Gasteiger partial charge in [0.25, 0.3) is 0 Å². The van der Waals surface area contributed by atoms with E-state index in [1.54, 1.807) is 7.05 Å². The normalized spacial score (nSPS) is 11.7. The predicted molar refractivity (Wildman–Crippen MR) is 72.7 cm³/mol. The highest BCUT2D eigenvalue weighted by molar-refractivity contribution is 9.10. The Morgan fingerprint density at radius 2 is 2.16 bits per heavy atom. The van der Waals surface area contributed by atoms with Crippen molar-refractivity contribution in [2.24, 2.45) is 0 Å². The lowest BCUT2D eigenvalue weighted by Crippen LogP contribution is -2.48. The van der Waals surface area contributed by atoms with Crippen LogP contribution in [0.3, 0.4) is 0 Å². The molecular formula is C12H15BrN2O4. The molecule has 104 valence electrons. The van der Waals surface area contributed by atoms with Crippen LogP contribution < -0.4 is 5.32 Å². The summed E-state index contributed by atoms with van der Waals surface area (Å²) in [6, 6.07) is 5.59. The third-order valence-corrected chi connectivity index (χ3v) is 2.93. The Morgan fingerprint density at radius 3 is 2.68 bits per heavy atom. The van der Waals surface area contributed by atoms with Gasteiger partial charge in [-0.1, -0.05) is 28.1 Å². The van der Waals surface area contributed by atoms with E-state index >= 15 is 0 Å². The molecular weight excluding hydrogens is 316 g/mol. The number of urea groups is 1. The van der Waals surface area contributed by atoms with E-state index < -0.39 is 24.6 Å². The number of aliphatic hydroxyl groups is 1. The molecule has 0 saturated heterocycles. The van der Waals surface area contributed by atoms with Crippen molar-refractivity contribution in [3.8, 4) is 0 Å². The zero-order valence-corrected chi connectivity index (χ0v) is 11.9. The van der Waals surface area contributed by atoms with E-state index in [1.807, 2.05) is 24.3 Å². The first kappa shape index (κ1) is 15.5. The van der Waals surface area contributed by atoms with Gasteiger partial charge in [-0.15, -0.1) is 0 Å². The monoisotopic (exact) mass is 330 g/mol. The van der Waals surface area contributed by atoms with Crippen LogP contribution in [0.2, 0.25) is 0 Å². The molecule has 7 heteroatoms. The third kappa shape index (κ3) is 4.88. The maximum atomic E-state index is 11.7. The fraction of sp³-hybridized carbons (Fsp3) is 0.333. The number of halogens is 1. The van der Waals surface area contributed by atoms with E-state index in [0.29, 0.717) is 6.54 Å². The van der Waals surface area contributed by atoms with Crippen LogP contribution in [0.1, 0.15) is 5.56 Å². The molecule has 1 aromatic carbocycles. The van der Waals surface area contributed by atoms with Gasteiger partial charge in [0.05, 0.1) is 6.61 Å². The molecule has 0 bridgehead atoms. The van der Waals surface area contributed by atoms with Gasteiger partial charge in [-0.05, 0) is 17.7 Å². The van der Waals surface area contributed by atoms with Crippen molar-refractivity contribution in [2.45, 2.75) is 12.6 Å². The van der Waals surface area contributed by atoms with E-state index in [4.69, 9.17) is 10.2 Å². The molecule has 19 heavy (non-hydrogen) atoms.